The van der Waals surface area contributed by atoms with Crippen LogP contribution in [0.15, 0.2) is 30.3 Å². The van der Waals surface area contributed by atoms with E-state index < -0.39 is 0 Å². The van der Waals surface area contributed by atoms with Crippen LogP contribution in [0.4, 0.5) is 0 Å². The molecule has 0 saturated carbocycles. The molecule has 2 nitrogen and oxygen atoms in total. The second kappa shape index (κ2) is 6.86. The first-order chi connectivity index (χ1) is 8.74. The van der Waals surface area contributed by atoms with Crippen LogP contribution in [0, 0.1) is 5.92 Å². The van der Waals surface area contributed by atoms with Gasteiger partial charge in [0.1, 0.15) is 0 Å². The molecule has 3 heteroatoms. The largest absolute Gasteiger partial charge is 0.393 e. The number of rotatable bonds is 5. The molecule has 0 unspecified atom stereocenters. The predicted molar refractivity (Wildman–Crippen MR) is 80.7 cm³/mol. The summed E-state index contributed by atoms with van der Waals surface area (Å²) in [4.78, 5) is 3.13. The molecule has 1 saturated heterocycles. The number of thiocarbonyl (C=S) groups is 1. The van der Waals surface area contributed by atoms with Crippen molar-refractivity contribution in [1.82, 2.24) is 4.90 Å². The Kier molecular flexibility index (Phi) is 5.14. The fourth-order valence-corrected chi connectivity index (χ4v) is 2.72. The van der Waals surface area contributed by atoms with E-state index in [2.05, 4.69) is 35.2 Å². The van der Waals surface area contributed by atoms with Gasteiger partial charge in [-0.25, -0.2) is 0 Å². The van der Waals surface area contributed by atoms with Crippen molar-refractivity contribution in [3.8, 4) is 0 Å². The third kappa shape index (κ3) is 4.39. The van der Waals surface area contributed by atoms with Gasteiger partial charge in [-0.15, -0.1) is 0 Å². The molecule has 18 heavy (non-hydrogen) atoms. The van der Waals surface area contributed by atoms with Gasteiger partial charge < -0.3 is 10.6 Å². The van der Waals surface area contributed by atoms with Crippen LogP contribution in [0.2, 0.25) is 0 Å². The highest BCUT2D eigenvalue weighted by atomic mass is 32.1. The standard InChI is InChI=1S/C15H22N2S/c16-15(18)8-11-17-9-6-14(7-10-17)12-13-4-2-1-3-5-13/h1-5,14H,6-12H2,(H2,16,18). The second-order valence-corrected chi connectivity index (χ2v) is 5.72. The highest BCUT2D eigenvalue weighted by Gasteiger charge is 2.19. The fraction of sp³-hybridized carbons (Fsp3) is 0.533. The van der Waals surface area contributed by atoms with Crippen LogP contribution >= 0.6 is 12.2 Å². The normalized spacial score (nSPS) is 17.8. The molecular formula is C15H22N2S. The van der Waals surface area contributed by atoms with Gasteiger partial charge in [0.05, 0.1) is 4.99 Å². The fourth-order valence-electron chi connectivity index (χ4n) is 2.63. The maximum absolute atomic E-state index is 5.54. The van der Waals surface area contributed by atoms with E-state index in [1.165, 1.54) is 37.9 Å². The molecule has 0 atom stereocenters. The monoisotopic (exact) mass is 262 g/mol. The second-order valence-electron chi connectivity index (χ2n) is 5.19. The van der Waals surface area contributed by atoms with Crippen molar-refractivity contribution >= 4 is 17.2 Å². The van der Waals surface area contributed by atoms with E-state index in [9.17, 15) is 0 Å². The van der Waals surface area contributed by atoms with E-state index >= 15 is 0 Å². The minimum atomic E-state index is 0.640. The minimum absolute atomic E-state index is 0.640. The maximum atomic E-state index is 5.54. The van der Waals surface area contributed by atoms with Gasteiger partial charge in [-0.2, -0.15) is 0 Å². The van der Waals surface area contributed by atoms with Crippen molar-refractivity contribution in [2.75, 3.05) is 19.6 Å². The van der Waals surface area contributed by atoms with Gasteiger partial charge in [0.15, 0.2) is 0 Å². The molecule has 1 aromatic rings. The van der Waals surface area contributed by atoms with Crippen molar-refractivity contribution < 1.29 is 0 Å². The molecule has 0 aliphatic carbocycles. The summed E-state index contributed by atoms with van der Waals surface area (Å²) in [5.41, 5.74) is 7.02. The van der Waals surface area contributed by atoms with E-state index in [1.807, 2.05) is 0 Å². The minimum Gasteiger partial charge on any atom is -0.393 e. The first-order valence-corrected chi connectivity index (χ1v) is 7.19. The molecule has 1 heterocycles. The number of likely N-dealkylation sites (tertiary alicyclic amines) is 1. The average Bonchev–Trinajstić information content (AvgIpc) is 2.39. The van der Waals surface area contributed by atoms with Gasteiger partial charge in [0.25, 0.3) is 0 Å². The Morgan fingerprint density at radius 1 is 1.22 bits per heavy atom. The van der Waals surface area contributed by atoms with Gasteiger partial charge in [-0.3, -0.25) is 0 Å². The zero-order valence-electron chi connectivity index (χ0n) is 10.8. The molecule has 98 valence electrons. The summed E-state index contributed by atoms with van der Waals surface area (Å²) in [6.45, 7) is 3.42. The lowest BCUT2D eigenvalue weighted by Crippen LogP contribution is -2.36. The first kappa shape index (κ1) is 13.5. The molecule has 0 spiro atoms. The summed E-state index contributed by atoms with van der Waals surface area (Å²) in [6, 6.07) is 10.8. The molecule has 1 aromatic carbocycles. The summed E-state index contributed by atoms with van der Waals surface area (Å²) in [5, 5.41) is 0. The number of piperidine rings is 1. The molecule has 0 bridgehead atoms. The van der Waals surface area contributed by atoms with Gasteiger partial charge in [0.2, 0.25) is 0 Å². The van der Waals surface area contributed by atoms with E-state index in [0.717, 1.165) is 18.9 Å². The lowest BCUT2D eigenvalue weighted by atomic mass is 9.90. The predicted octanol–water partition coefficient (Wildman–Crippen LogP) is 2.62. The quantitative estimate of drug-likeness (QED) is 0.827. The van der Waals surface area contributed by atoms with Crippen molar-refractivity contribution in [2.45, 2.75) is 25.7 Å². The van der Waals surface area contributed by atoms with Crippen LogP contribution in [-0.2, 0) is 6.42 Å². The topological polar surface area (TPSA) is 29.3 Å². The molecule has 1 aliphatic rings. The van der Waals surface area contributed by atoms with Crippen LogP contribution in [0.1, 0.15) is 24.8 Å². The van der Waals surface area contributed by atoms with Crippen molar-refractivity contribution in [1.29, 1.82) is 0 Å². The van der Waals surface area contributed by atoms with Crippen molar-refractivity contribution in [2.24, 2.45) is 11.7 Å². The highest BCUT2D eigenvalue weighted by Crippen LogP contribution is 2.21. The number of nitrogens with zero attached hydrogens (tertiary/aromatic N) is 1. The zero-order chi connectivity index (χ0) is 12.8. The van der Waals surface area contributed by atoms with E-state index in [-0.39, 0.29) is 0 Å². The van der Waals surface area contributed by atoms with E-state index in [0.29, 0.717) is 4.99 Å². The molecular weight excluding hydrogens is 240 g/mol. The number of benzene rings is 1. The van der Waals surface area contributed by atoms with Crippen molar-refractivity contribution in [3.05, 3.63) is 35.9 Å². The van der Waals surface area contributed by atoms with E-state index in [1.54, 1.807) is 0 Å². The van der Waals surface area contributed by atoms with Gasteiger partial charge in [-0.05, 0) is 43.8 Å². The SMILES string of the molecule is NC(=S)CCN1CCC(Cc2ccccc2)CC1. The molecule has 0 aromatic heterocycles. The van der Waals surface area contributed by atoms with Gasteiger partial charge in [-0.1, -0.05) is 42.5 Å². The molecule has 0 radical (unpaired) electrons. The summed E-state index contributed by atoms with van der Waals surface area (Å²) in [5.74, 6) is 0.841. The van der Waals surface area contributed by atoms with Crippen LogP contribution in [0.25, 0.3) is 0 Å². The van der Waals surface area contributed by atoms with Crippen LogP contribution in [0.3, 0.4) is 0 Å². The third-order valence-electron chi connectivity index (χ3n) is 3.75. The maximum Gasteiger partial charge on any atom is 0.0740 e. The Labute approximate surface area is 115 Å². The Bertz CT molecular complexity index is 369. The number of hydrogen-bond donors (Lipinski definition) is 1. The zero-order valence-corrected chi connectivity index (χ0v) is 11.7. The number of hydrogen-bond acceptors (Lipinski definition) is 2. The van der Waals surface area contributed by atoms with Crippen LogP contribution in [0.5, 0.6) is 0 Å². The molecule has 0 amide bonds. The van der Waals surface area contributed by atoms with Crippen LogP contribution < -0.4 is 5.73 Å². The Hall–Kier alpha value is -0.930. The molecule has 2 N–H and O–H groups in total. The van der Waals surface area contributed by atoms with Crippen LogP contribution in [-0.4, -0.2) is 29.5 Å². The third-order valence-corrected chi connectivity index (χ3v) is 3.95. The van der Waals surface area contributed by atoms with Gasteiger partial charge >= 0.3 is 0 Å². The summed E-state index contributed by atoms with van der Waals surface area (Å²) in [6.07, 6.45) is 4.68. The molecule has 1 fully saturated rings. The Morgan fingerprint density at radius 3 is 2.50 bits per heavy atom. The lowest BCUT2D eigenvalue weighted by molar-refractivity contribution is 0.188. The molecule has 1 aliphatic heterocycles. The highest BCUT2D eigenvalue weighted by molar-refractivity contribution is 7.80. The van der Waals surface area contributed by atoms with E-state index in [4.69, 9.17) is 18.0 Å². The summed E-state index contributed by atoms with van der Waals surface area (Å²) in [7, 11) is 0. The number of nitrogens with two attached hydrogens (primary N) is 1. The molecule has 2 rings (SSSR count). The lowest BCUT2D eigenvalue weighted by Gasteiger charge is -2.31. The van der Waals surface area contributed by atoms with Gasteiger partial charge in [0, 0.05) is 13.0 Å². The summed E-state index contributed by atoms with van der Waals surface area (Å²) < 4.78 is 0. The smallest absolute Gasteiger partial charge is 0.0740 e. The summed E-state index contributed by atoms with van der Waals surface area (Å²) >= 11 is 4.93. The Balaban J connectivity index is 1.72. The first-order valence-electron chi connectivity index (χ1n) is 6.78. The average molecular weight is 262 g/mol. The Morgan fingerprint density at radius 2 is 1.89 bits per heavy atom. The van der Waals surface area contributed by atoms with Crippen molar-refractivity contribution in [3.63, 3.8) is 0 Å².